The summed E-state index contributed by atoms with van der Waals surface area (Å²) in [6.07, 6.45) is 1.81. The normalized spacial score (nSPS) is 15.4. The van der Waals surface area contributed by atoms with E-state index in [2.05, 4.69) is 53.0 Å². The lowest BCUT2D eigenvalue weighted by molar-refractivity contribution is 0.408. The Labute approximate surface area is 190 Å². The summed E-state index contributed by atoms with van der Waals surface area (Å²) in [6.45, 7) is 9.12. The Morgan fingerprint density at radius 2 is 1.66 bits per heavy atom. The minimum Gasteiger partial charge on any atom is -0.497 e. The van der Waals surface area contributed by atoms with E-state index in [0.717, 1.165) is 54.2 Å². The van der Waals surface area contributed by atoms with Crippen LogP contribution in [0.2, 0.25) is 0 Å². The number of methoxy groups -OCH3 is 2. The molecular formula is C25H31N5O2. The molecule has 7 nitrogen and oxygen atoms in total. The first-order chi connectivity index (χ1) is 15.4. The first-order valence-corrected chi connectivity index (χ1v) is 10.8. The fourth-order valence-electron chi connectivity index (χ4n) is 4.14. The summed E-state index contributed by atoms with van der Waals surface area (Å²) in [4.78, 5) is 14.1. The topological polar surface area (TPSA) is 62.8 Å². The maximum atomic E-state index is 5.36. The van der Waals surface area contributed by atoms with Crippen molar-refractivity contribution in [2.45, 2.75) is 26.3 Å². The lowest BCUT2D eigenvalue weighted by atomic mass is 9.98. The number of nitrogens with zero attached hydrogens (tertiary/aromatic N) is 4. The molecule has 1 fully saturated rings. The minimum atomic E-state index is -0.0803. The zero-order valence-corrected chi connectivity index (χ0v) is 19.4. The van der Waals surface area contributed by atoms with Crippen molar-refractivity contribution in [3.8, 4) is 11.5 Å². The Morgan fingerprint density at radius 1 is 0.938 bits per heavy atom. The number of anilines is 4. The molecular weight excluding hydrogens is 402 g/mol. The Hall–Kier alpha value is -3.48. The van der Waals surface area contributed by atoms with Crippen LogP contribution in [0.3, 0.4) is 0 Å². The van der Waals surface area contributed by atoms with Crippen LogP contribution in [0.15, 0.2) is 54.7 Å². The van der Waals surface area contributed by atoms with E-state index in [1.165, 1.54) is 5.69 Å². The van der Waals surface area contributed by atoms with Crippen LogP contribution in [0.5, 0.6) is 11.5 Å². The summed E-state index contributed by atoms with van der Waals surface area (Å²) in [5, 5.41) is 3.41. The largest absolute Gasteiger partial charge is 0.497 e. The molecule has 0 atom stereocenters. The number of benzene rings is 2. The zero-order chi connectivity index (χ0) is 22.7. The molecule has 2 aromatic carbocycles. The molecule has 168 valence electrons. The maximum absolute atomic E-state index is 5.36. The minimum absolute atomic E-state index is 0.0803. The molecule has 2 heterocycles. The monoisotopic (exact) mass is 433 g/mol. The number of rotatable bonds is 6. The molecule has 0 amide bonds. The highest BCUT2D eigenvalue weighted by atomic mass is 16.5. The third-order valence-corrected chi connectivity index (χ3v) is 5.92. The van der Waals surface area contributed by atoms with Gasteiger partial charge in [0.25, 0.3) is 0 Å². The SMILES string of the molecule is COc1ccc(N2CCN(c3nccc(Nc4cc(OC)ccc4C)n3)CC2(C)C)cc1. The van der Waals surface area contributed by atoms with Gasteiger partial charge in [-0.15, -0.1) is 0 Å². The van der Waals surface area contributed by atoms with E-state index < -0.39 is 0 Å². The highest BCUT2D eigenvalue weighted by Crippen LogP contribution is 2.31. The summed E-state index contributed by atoms with van der Waals surface area (Å²) in [5.74, 6) is 3.18. The molecule has 0 saturated carbocycles. The van der Waals surface area contributed by atoms with Crippen molar-refractivity contribution in [2.75, 3.05) is 49.0 Å². The highest BCUT2D eigenvalue weighted by Gasteiger charge is 2.35. The van der Waals surface area contributed by atoms with E-state index in [1.807, 2.05) is 42.6 Å². The number of aromatic nitrogens is 2. The quantitative estimate of drug-likeness (QED) is 0.607. The van der Waals surface area contributed by atoms with Crippen LogP contribution in [-0.2, 0) is 0 Å². The van der Waals surface area contributed by atoms with Gasteiger partial charge in [-0.05, 0) is 62.7 Å². The fraction of sp³-hybridized carbons (Fsp3) is 0.360. The van der Waals surface area contributed by atoms with E-state index in [-0.39, 0.29) is 5.54 Å². The van der Waals surface area contributed by atoms with Gasteiger partial charge in [0, 0.05) is 43.3 Å². The van der Waals surface area contributed by atoms with Crippen molar-refractivity contribution in [1.82, 2.24) is 9.97 Å². The molecule has 1 N–H and O–H groups in total. The zero-order valence-electron chi connectivity index (χ0n) is 19.4. The second-order valence-electron chi connectivity index (χ2n) is 8.63. The summed E-state index contributed by atoms with van der Waals surface area (Å²) < 4.78 is 10.7. The number of hydrogen-bond donors (Lipinski definition) is 1. The Morgan fingerprint density at radius 3 is 2.34 bits per heavy atom. The van der Waals surface area contributed by atoms with Gasteiger partial charge < -0.3 is 24.6 Å². The predicted octanol–water partition coefficient (Wildman–Crippen LogP) is 4.65. The average molecular weight is 434 g/mol. The van der Waals surface area contributed by atoms with Crippen molar-refractivity contribution in [1.29, 1.82) is 0 Å². The van der Waals surface area contributed by atoms with Gasteiger partial charge in [-0.1, -0.05) is 6.07 Å². The molecule has 0 bridgehead atoms. The lowest BCUT2D eigenvalue weighted by Crippen LogP contribution is -2.60. The number of aryl methyl sites for hydroxylation is 1. The van der Waals surface area contributed by atoms with Gasteiger partial charge in [-0.25, -0.2) is 4.98 Å². The highest BCUT2D eigenvalue weighted by molar-refractivity contribution is 5.63. The smallest absolute Gasteiger partial charge is 0.227 e. The van der Waals surface area contributed by atoms with Crippen LogP contribution in [0.4, 0.5) is 23.1 Å². The summed E-state index contributed by atoms with van der Waals surface area (Å²) in [6, 6.07) is 16.1. The van der Waals surface area contributed by atoms with Gasteiger partial charge in [-0.2, -0.15) is 4.98 Å². The predicted molar refractivity (Wildman–Crippen MR) is 130 cm³/mol. The van der Waals surface area contributed by atoms with Crippen LogP contribution < -0.4 is 24.6 Å². The van der Waals surface area contributed by atoms with Crippen molar-refractivity contribution in [2.24, 2.45) is 0 Å². The van der Waals surface area contributed by atoms with Gasteiger partial charge in [0.2, 0.25) is 5.95 Å². The molecule has 0 spiro atoms. The van der Waals surface area contributed by atoms with Gasteiger partial charge in [0.05, 0.1) is 19.8 Å². The van der Waals surface area contributed by atoms with Crippen molar-refractivity contribution in [3.63, 3.8) is 0 Å². The van der Waals surface area contributed by atoms with E-state index in [0.29, 0.717) is 0 Å². The lowest BCUT2D eigenvalue weighted by Gasteiger charge is -2.48. The van der Waals surface area contributed by atoms with Crippen molar-refractivity contribution < 1.29 is 9.47 Å². The molecule has 1 saturated heterocycles. The van der Waals surface area contributed by atoms with Crippen LogP contribution in [0.1, 0.15) is 19.4 Å². The third kappa shape index (κ3) is 4.56. The molecule has 1 aromatic heterocycles. The molecule has 4 rings (SSSR count). The fourth-order valence-corrected chi connectivity index (χ4v) is 4.14. The second kappa shape index (κ2) is 8.94. The van der Waals surface area contributed by atoms with E-state index in [1.54, 1.807) is 14.2 Å². The third-order valence-electron chi connectivity index (χ3n) is 5.92. The first-order valence-electron chi connectivity index (χ1n) is 10.8. The number of piperazine rings is 1. The number of nitrogens with one attached hydrogen (secondary N) is 1. The van der Waals surface area contributed by atoms with Crippen LogP contribution >= 0.6 is 0 Å². The molecule has 0 aliphatic carbocycles. The molecule has 0 unspecified atom stereocenters. The Balaban J connectivity index is 1.50. The number of ether oxygens (including phenoxy) is 2. The number of hydrogen-bond acceptors (Lipinski definition) is 7. The van der Waals surface area contributed by atoms with E-state index in [4.69, 9.17) is 14.5 Å². The summed E-state index contributed by atoms with van der Waals surface area (Å²) in [5.41, 5.74) is 3.21. The standard InChI is InChI=1S/C25H31N5O2/c1-18-6-9-21(32-5)16-22(18)27-23-12-13-26-24(28-23)29-14-15-30(25(2,3)17-29)19-7-10-20(31-4)11-8-19/h6-13,16H,14-15,17H2,1-5H3,(H,26,27,28). The van der Waals surface area contributed by atoms with E-state index in [9.17, 15) is 0 Å². The van der Waals surface area contributed by atoms with Gasteiger partial charge in [0.15, 0.2) is 0 Å². The molecule has 1 aliphatic rings. The molecule has 3 aromatic rings. The first kappa shape index (κ1) is 21.7. The van der Waals surface area contributed by atoms with Crippen LogP contribution in [-0.4, -0.2) is 49.4 Å². The molecule has 1 aliphatic heterocycles. The van der Waals surface area contributed by atoms with E-state index >= 15 is 0 Å². The van der Waals surface area contributed by atoms with Crippen LogP contribution in [0.25, 0.3) is 0 Å². The maximum Gasteiger partial charge on any atom is 0.227 e. The summed E-state index contributed by atoms with van der Waals surface area (Å²) >= 11 is 0. The Kier molecular flexibility index (Phi) is 6.08. The van der Waals surface area contributed by atoms with Gasteiger partial charge in [-0.3, -0.25) is 0 Å². The molecule has 7 heteroatoms. The molecule has 0 radical (unpaired) electrons. The van der Waals surface area contributed by atoms with Gasteiger partial charge in [0.1, 0.15) is 17.3 Å². The summed E-state index contributed by atoms with van der Waals surface area (Å²) in [7, 11) is 3.36. The Bertz CT molecular complexity index is 1070. The van der Waals surface area contributed by atoms with Gasteiger partial charge >= 0.3 is 0 Å². The second-order valence-corrected chi connectivity index (χ2v) is 8.63. The molecule has 32 heavy (non-hydrogen) atoms. The van der Waals surface area contributed by atoms with Crippen molar-refractivity contribution in [3.05, 3.63) is 60.3 Å². The average Bonchev–Trinajstić information content (AvgIpc) is 2.80. The van der Waals surface area contributed by atoms with Crippen molar-refractivity contribution >= 4 is 23.1 Å². The van der Waals surface area contributed by atoms with Crippen LogP contribution in [0, 0.1) is 6.92 Å².